The minimum atomic E-state index is -0.507. The monoisotopic (exact) mass is 369 g/mol. The Hall–Kier alpha value is -2.51. The van der Waals surface area contributed by atoms with E-state index in [1.165, 1.54) is 18.2 Å². The quantitative estimate of drug-likeness (QED) is 0.660. The maximum absolute atomic E-state index is 14.4. The van der Waals surface area contributed by atoms with Crippen molar-refractivity contribution in [3.05, 3.63) is 41.3 Å². The summed E-state index contributed by atoms with van der Waals surface area (Å²) < 4.78 is 14.4. The molecule has 0 bridgehead atoms. The van der Waals surface area contributed by atoms with Crippen LogP contribution >= 0.6 is 0 Å². The van der Waals surface area contributed by atoms with Gasteiger partial charge in [-0.05, 0) is 57.0 Å². The lowest BCUT2D eigenvalue weighted by Crippen LogP contribution is -2.51. The molecule has 1 aliphatic rings. The van der Waals surface area contributed by atoms with Crippen molar-refractivity contribution < 1.29 is 9.50 Å². The SMILES string of the molecule is Cc1[nH]nc2nc(-c3c(O)cccc3F)cc(CN3CCC[C@](C)(N)C3)c12. The van der Waals surface area contributed by atoms with Crippen molar-refractivity contribution in [2.45, 2.75) is 38.8 Å². The average molecular weight is 369 g/mol. The molecule has 3 aromatic rings. The van der Waals surface area contributed by atoms with Crippen molar-refractivity contribution in [2.75, 3.05) is 13.1 Å². The molecule has 3 heterocycles. The van der Waals surface area contributed by atoms with Crippen LogP contribution in [0.3, 0.4) is 0 Å². The van der Waals surface area contributed by atoms with Crippen molar-refractivity contribution in [3.63, 3.8) is 0 Å². The number of fused-ring (bicyclic) bond motifs is 1. The number of piperidine rings is 1. The molecule has 0 aliphatic carbocycles. The molecule has 142 valence electrons. The summed E-state index contributed by atoms with van der Waals surface area (Å²) >= 11 is 0. The van der Waals surface area contributed by atoms with Crippen LogP contribution in [0.1, 0.15) is 31.0 Å². The van der Waals surface area contributed by atoms with E-state index in [1.54, 1.807) is 0 Å². The van der Waals surface area contributed by atoms with Gasteiger partial charge in [-0.2, -0.15) is 5.10 Å². The van der Waals surface area contributed by atoms with E-state index < -0.39 is 5.82 Å². The fourth-order valence-electron chi connectivity index (χ4n) is 4.04. The third-order valence-electron chi connectivity index (χ3n) is 5.24. The lowest BCUT2D eigenvalue weighted by atomic mass is 9.92. The zero-order chi connectivity index (χ0) is 19.2. The maximum atomic E-state index is 14.4. The first kappa shape index (κ1) is 17.9. The molecule has 0 spiro atoms. The lowest BCUT2D eigenvalue weighted by Gasteiger charge is -2.38. The Morgan fingerprint density at radius 3 is 2.96 bits per heavy atom. The molecular formula is C20H24FN5O. The molecule has 0 unspecified atom stereocenters. The summed E-state index contributed by atoms with van der Waals surface area (Å²) in [6.07, 6.45) is 2.06. The molecule has 1 fully saturated rings. The van der Waals surface area contributed by atoms with Gasteiger partial charge in [-0.3, -0.25) is 10.00 Å². The van der Waals surface area contributed by atoms with Crippen molar-refractivity contribution in [1.29, 1.82) is 0 Å². The largest absolute Gasteiger partial charge is 0.507 e. The topological polar surface area (TPSA) is 91.1 Å². The van der Waals surface area contributed by atoms with Crippen LogP contribution in [0.2, 0.25) is 0 Å². The van der Waals surface area contributed by atoms with E-state index in [1.807, 2.05) is 13.0 Å². The van der Waals surface area contributed by atoms with Crippen LogP contribution < -0.4 is 5.73 Å². The predicted octanol–water partition coefficient (Wildman–Crippen LogP) is 3.09. The number of nitrogens with zero attached hydrogens (tertiary/aromatic N) is 3. The Morgan fingerprint density at radius 1 is 1.41 bits per heavy atom. The van der Waals surface area contributed by atoms with Crippen LogP contribution in [0.5, 0.6) is 5.75 Å². The van der Waals surface area contributed by atoms with E-state index in [-0.39, 0.29) is 16.9 Å². The Kier molecular flexibility index (Phi) is 4.36. The highest BCUT2D eigenvalue weighted by Gasteiger charge is 2.27. The van der Waals surface area contributed by atoms with Gasteiger partial charge in [-0.25, -0.2) is 9.37 Å². The third-order valence-corrected chi connectivity index (χ3v) is 5.24. The summed E-state index contributed by atoms with van der Waals surface area (Å²) in [5.41, 5.74) is 9.07. The van der Waals surface area contributed by atoms with Crippen LogP contribution in [0.4, 0.5) is 4.39 Å². The number of likely N-dealkylation sites (tertiary alicyclic amines) is 1. The van der Waals surface area contributed by atoms with E-state index in [0.29, 0.717) is 17.9 Å². The molecule has 6 nitrogen and oxygen atoms in total. The number of nitrogens with one attached hydrogen (secondary N) is 1. The van der Waals surface area contributed by atoms with Crippen molar-refractivity contribution in [1.82, 2.24) is 20.1 Å². The summed E-state index contributed by atoms with van der Waals surface area (Å²) in [6.45, 7) is 6.47. The zero-order valence-corrected chi connectivity index (χ0v) is 15.6. The lowest BCUT2D eigenvalue weighted by molar-refractivity contribution is 0.154. The molecular weight excluding hydrogens is 345 g/mol. The normalized spacial score (nSPS) is 21.0. The van der Waals surface area contributed by atoms with Gasteiger partial charge in [0.1, 0.15) is 11.6 Å². The predicted molar refractivity (Wildman–Crippen MR) is 103 cm³/mol. The van der Waals surface area contributed by atoms with Crippen LogP contribution in [-0.4, -0.2) is 43.8 Å². The summed E-state index contributed by atoms with van der Waals surface area (Å²) in [7, 11) is 0. The van der Waals surface area contributed by atoms with E-state index in [4.69, 9.17) is 5.73 Å². The number of benzene rings is 1. The molecule has 1 aliphatic heterocycles. The second-order valence-corrected chi connectivity index (χ2v) is 7.82. The van der Waals surface area contributed by atoms with Gasteiger partial charge in [0.05, 0.1) is 11.3 Å². The molecule has 7 heteroatoms. The number of hydrogen-bond donors (Lipinski definition) is 3. The number of hydrogen-bond acceptors (Lipinski definition) is 5. The maximum Gasteiger partial charge on any atom is 0.182 e. The van der Waals surface area contributed by atoms with Gasteiger partial charge in [0.25, 0.3) is 0 Å². The second-order valence-electron chi connectivity index (χ2n) is 7.82. The standard InChI is InChI=1S/C20H24FN5O/c1-12-17-13(10-26-8-4-7-20(2,22)11-26)9-15(23-19(17)25-24-12)18-14(21)5-3-6-16(18)27/h3,5-6,9,27H,4,7-8,10-11,22H2,1-2H3,(H,23,24,25)/t20-/m0/s1. The first-order valence-corrected chi connectivity index (χ1v) is 9.18. The molecule has 4 rings (SSSR count). The number of aryl methyl sites for hydroxylation is 1. The van der Waals surface area contributed by atoms with Crippen molar-refractivity contribution in [3.8, 4) is 17.0 Å². The van der Waals surface area contributed by atoms with E-state index in [9.17, 15) is 9.50 Å². The number of phenols is 1. The number of nitrogens with two attached hydrogens (primary N) is 1. The van der Waals surface area contributed by atoms with Crippen LogP contribution in [-0.2, 0) is 6.54 Å². The average Bonchev–Trinajstić information content (AvgIpc) is 2.95. The number of rotatable bonds is 3. The first-order chi connectivity index (χ1) is 12.8. The van der Waals surface area contributed by atoms with Gasteiger partial charge in [0, 0.05) is 29.7 Å². The smallest absolute Gasteiger partial charge is 0.182 e. The Bertz CT molecular complexity index is 977. The Labute approximate surface area is 157 Å². The van der Waals surface area contributed by atoms with E-state index >= 15 is 0 Å². The Morgan fingerprint density at radius 2 is 2.22 bits per heavy atom. The molecule has 4 N–H and O–H groups in total. The molecule has 0 amide bonds. The first-order valence-electron chi connectivity index (χ1n) is 9.18. The highest BCUT2D eigenvalue weighted by molar-refractivity contribution is 5.85. The van der Waals surface area contributed by atoms with Gasteiger partial charge in [0.15, 0.2) is 5.65 Å². The number of aromatic hydroxyl groups is 1. The fourth-order valence-corrected chi connectivity index (χ4v) is 4.04. The van der Waals surface area contributed by atoms with E-state index in [0.717, 1.165) is 42.6 Å². The van der Waals surface area contributed by atoms with Gasteiger partial charge in [0.2, 0.25) is 0 Å². The summed E-state index contributed by atoms with van der Waals surface area (Å²) in [5, 5.41) is 18.3. The Balaban J connectivity index is 1.80. The minimum absolute atomic E-state index is 0.101. The molecule has 27 heavy (non-hydrogen) atoms. The second kappa shape index (κ2) is 6.58. The number of phenolic OH excluding ortho intramolecular Hbond substituents is 1. The molecule has 0 saturated carbocycles. The molecule has 1 atom stereocenters. The number of pyridine rings is 1. The third kappa shape index (κ3) is 3.40. The molecule has 1 aromatic carbocycles. The summed E-state index contributed by atoms with van der Waals surface area (Å²) in [4.78, 5) is 6.80. The highest BCUT2D eigenvalue weighted by Crippen LogP contribution is 2.34. The number of halogens is 1. The van der Waals surface area contributed by atoms with E-state index in [2.05, 4.69) is 27.0 Å². The minimum Gasteiger partial charge on any atom is -0.507 e. The molecule has 1 saturated heterocycles. The van der Waals surface area contributed by atoms with Crippen LogP contribution in [0.15, 0.2) is 24.3 Å². The van der Waals surface area contributed by atoms with Crippen LogP contribution in [0, 0.1) is 12.7 Å². The summed E-state index contributed by atoms with van der Waals surface area (Å²) in [6, 6.07) is 6.11. The summed E-state index contributed by atoms with van der Waals surface area (Å²) in [5.74, 6) is -0.639. The van der Waals surface area contributed by atoms with Crippen LogP contribution in [0.25, 0.3) is 22.3 Å². The van der Waals surface area contributed by atoms with Gasteiger partial charge in [-0.1, -0.05) is 6.07 Å². The highest BCUT2D eigenvalue weighted by atomic mass is 19.1. The number of H-pyrrole nitrogens is 1. The van der Waals surface area contributed by atoms with Crippen molar-refractivity contribution >= 4 is 11.0 Å². The fraction of sp³-hybridized carbons (Fsp3) is 0.400. The zero-order valence-electron chi connectivity index (χ0n) is 15.6. The van der Waals surface area contributed by atoms with Gasteiger partial charge < -0.3 is 10.8 Å². The molecule has 0 radical (unpaired) electrons. The van der Waals surface area contributed by atoms with Gasteiger partial charge in [-0.15, -0.1) is 0 Å². The number of aromatic amines is 1. The molecule has 2 aromatic heterocycles. The number of aromatic nitrogens is 3. The van der Waals surface area contributed by atoms with Gasteiger partial charge >= 0.3 is 0 Å². The van der Waals surface area contributed by atoms with Crippen molar-refractivity contribution in [2.24, 2.45) is 5.73 Å².